The van der Waals surface area contributed by atoms with Gasteiger partial charge in [0.05, 0.1) is 19.8 Å². The lowest BCUT2D eigenvalue weighted by atomic mass is 10.1. The van der Waals surface area contributed by atoms with Crippen LogP contribution in [0.1, 0.15) is 18.9 Å². The largest absolute Gasteiger partial charge is 0.462 e. The second kappa shape index (κ2) is 8.46. The molecule has 4 rings (SSSR count). The molecule has 152 valence electrons. The minimum atomic E-state index is -0.698. The van der Waals surface area contributed by atoms with Crippen LogP contribution in [0.4, 0.5) is 0 Å². The van der Waals surface area contributed by atoms with Gasteiger partial charge in [-0.15, -0.1) is 0 Å². The van der Waals surface area contributed by atoms with Crippen LogP contribution in [0.3, 0.4) is 0 Å². The predicted molar refractivity (Wildman–Crippen MR) is 104 cm³/mol. The van der Waals surface area contributed by atoms with Gasteiger partial charge < -0.3 is 19.2 Å². The number of hydrogen-bond donors (Lipinski definition) is 2. The molecule has 0 bridgehead atoms. The molecule has 2 aromatic rings. The Bertz CT molecular complexity index is 988. The van der Waals surface area contributed by atoms with E-state index >= 15 is 0 Å². The van der Waals surface area contributed by atoms with Gasteiger partial charge in [0.2, 0.25) is 11.7 Å². The van der Waals surface area contributed by atoms with Gasteiger partial charge in [-0.1, -0.05) is 6.92 Å². The van der Waals surface area contributed by atoms with Crippen LogP contribution in [0.5, 0.6) is 0 Å². The average Bonchev–Trinajstić information content (AvgIpc) is 3.28. The average molecular weight is 398 g/mol. The molecular formula is C20H22N4O5. The summed E-state index contributed by atoms with van der Waals surface area (Å²) < 4.78 is 16.3. The molecular weight excluding hydrogens is 376 g/mol. The maximum Gasteiger partial charge on any atom is 0.347 e. The fourth-order valence-corrected chi connectivity index (χ4v) is 3.12. The van der Waals surface area contributed by atoms with Crippen LogP contribution >= 0.6 is 0 Å². The number of carbonyl (C=O) groups is 2. The van der Waals surface area contributed by atoms with Crippen LogP contribution in [0.25, 0.3) is 17.1 Å². The van der Waals surface area contributed by atoms with Crippen molar-refractivity contribution in [1.29, 1.82) is 0 Å². The van der Waals surface area contributed by atoms with Gasteiger partial charge in [-0.25, -0.2) is 14.8 Å². The standard InChI is InChI=1S/C20H22N4O5/c1-2-8-28-20(26)16-17(25)15(29-19(16)23-24-6-9-27-10-7-24)11-13-12-22-18-14(13)4-3-5-21-18/h3-5,11-12,23H,2,6-10H2,1H3,(H,21,22)/b15-11-. The van der Waals surface area contributed by atoms with Crippen LogP contribution in [-0.2, 0) is 23.8 Å². The summed E-state index contributed by atoms with van der Waals surface area (Å²) in [6.07, 6.45) is 5.68. The number of nitrogens with one attached hydrogen (secondary N) is 2. The van der Waals surface area contributed by atoms with Crippen molar-refractivity contribution in [3.63, 3.8) is 0 Å². The Balaban J connectivity index is 1.63. The molecule has 29 heavy (non-hydrogen) atoms. The number of nitrogens with zero attached hydrogens (tertiary/aromatic N) is 2. The molecule has 2 N–H and O–H groups in total. The molecule has 0 aliphatic carbocycles. The predicted octanol–water partition coefficient (Wildman–Crippen LogP) is 1.50. The minimum absolute atomic E-state index is 0.0500. The summed E-state index contributed by atoms with van der Waals surface area (Å²) in [5, 5.41) is 2.69. The van der Waals surface area contributed by atoms with Crippen molar-refractivity contribution in [1.82, 2.24) is 20.4 Å². The fourth-order valence-electron chi connectivity index (χ4n) is 3.12. The zero-order valence-corrected chi connectivity index (χ0v) is 16.1. The second-order valence-electron chi connectivity index (χ2n) is 6.63. The molecule has 0 atom stereocenters. The first kappa shape index (κ1) is 19.2. The molecule has 0 saturated carbocycles. The van der Waals surface area contributed by atoms with Crippen LogP contribution < -0.4 is 5.43 Å². The van der Waals surface area contributed by atoms with E-state index in [0.29, 0.717) is 38.4 Å². The van der Waals surface area contributed by atoms with Gasteiger partial charge in [0.25, 0.3) is 0 Å². The van der Waals surface area contributed by atoms with Gasteiger partial charge in [-0.3, -0.25) is 10.2 Å². The van der Waals surface area contributed by atoms with Gasteiger partial charge in [-0.2, -0.15) is 0 Å². The number of ketones is 1. The van der Waals surface area contributed by atoms with Gasteiger partial charge in [-0.05, 0) is 24.6 Å². The first-order chi connectivity index (χ1) is 14.2. The molecule has 2 aliphatic heterocycles. The third-order valence-corrected chi connectivity index (χ3v) is 4.57. The minimum Gasteiger partial charge on any atom is -0.462 e. The van der Waals surface area contributed by atoms with E-state index in [9.17, 15) is 9.59 Å². The number of ether oxygens (including phenoxy) is 3. The number of aromatic amines is 1. The van der Waals surface area contributed by atoms with E-state index < -0.39 is 11.8 Å². The lowest BCUT2D eigenvalue weighted by Crippen LogP contribution is -2.45. The number of hydrazine groups is 1. The molecule has 4 heterocycles. The molecule has 0 unspecified atom stereocenters. The normalized spacial score (nSPS) is 19.1. The topological polar surface area (TPSA) is 106 Å². The van der Waals surface area contributed by atoms with E-state index in [0.717, 1.165) is 10.9 Å². The number of esters is 1. The second-order valence-corrected chi connectivity index (χ2v) is 6.63. The number of fused-ring (bicyclic) bond motifs is 1. The number of rotatable bonds is 6. The summed E-state index contributed by atoms with van der Waals surface area (Å²) in [6.45, 7) is 4.42. The summed E-state index contributed by atoms with van der Waals surface area (Å²) in [4.78, 5) is 32.8. The van der Waals surface area contributed by atoms with E-state index in [-0.39, 0.29) is 23.8 Å². The highest BCUT2D eigenvalue weighted by Gasteiger charge is 2.38. The smallest absolute Gasteiger partial charge is 0.347 e. The van der Waals surface area contributed by atoms with E-state index in [1.807, 2.05) is 24.1 Å². The highest BCUT2D eigenvalue weighted by Crippen LogP contribution is 2.28. The first-order valence-corrected chi connectivity index (χ1v) is 9.54. The van der Waals surface area contributed by atoms with Gasteiger partial charge >= 0.3 is 5.97 Å². The zero-order valence-electron chi connectivity index (χ0n) is 16.1. The van der Waals surface area contributed by atoms with Crippen LogP contribution in [-0.4, -0.2) is 59.6 Å². The first-order valence-electron chi connectivity index (χ1n) is 9.54. The van der Waals surface area contributed by atoms with Crippen molar-refractivity contribution in [3.05, 3.63) is 47.3 Å². The van der Waals surface area contributed by atoms with Gasteiger partial charge in [0.15, 0.2) is 11.3 Å². The van der Waals surface area contributed by atoms with E-state index in [1.54, 1.807) is 18.5 Å². The van der Waals surface area contributed by atoms with Crippen molar-refractivity contribution in [2.45, 2.75) is 13.3 Å². The summed E-state index contributed by atoms with van der Waals surface area (Å²) in [5.74, 6) is -1.08. The molecule has 2 aromatic heterocycles. The summed E-state index contributed by atoms with van der Waals surface area (Å²) in [7, 11) is 0. The maximum absolute atomic E-state index is 13.0. The Kier molecular flexibility index (Phi) is 5.59. The van der Waals surface area contributed by atoms with E-state index in [4.69, 9.17) is 14.2 Å². The van der Waals surface area contributed by atoms with Gasteiger partial charge in [0, 0.05) is 36.4 Å². The van der Waals surface area contributed by atoms with Crippen molar-refractivity contribution in [2.24, 2.45) is 0 Å². The third kappa shape index (κ3) is 4.01. The number of hydrogen-bond acceptors (Lipinski definition) is 8. The third-order valence-electron chi connectivity index (χ3n) is 4.57. The number of morpholine rings is 1. The molecule has 1 fully saturated rings. The van der Waals surface area contributed by atoms with Crippen LogP contribution in [0.2, 0.25) is 0 Å². The van der Waals surface area contributed by atoms with Crippen molar-refractivity contribution in [3.8, 4) is 0 Å². The number of pyridine rings is 1. The summed E-state index contributed by atoms with van der Waals surface area (Å²) >= 11 is 0. The molecule has 1 saturated heterocycles. The summed E-state index contributed by atoms with van der Waals surface area (Å²) in [6, 6.07) is 3.70. The number of allylic oxidation sites excluding steroid dienone is 1. The Morgan fingerprint density at radius 2 is 2.24 bits per heavy atom. The number of H-pyrrole nitrogens is 1. The zero-order chi connectivity index (χ0) is 20.2. The van der Waals surface area contributed by atoms with E-state index in [2.05, 4.69) is 15.4 Å². The van der Waals surface area contributed by atoms with Gasteiger partial charge in [0.1, 0.15) is 5.65 Å². The molecule has 0 radical (unpaired) electrons. The van der Waals surface area contributed by atoms with Crippen molar-refractivity contribution >= 4 is 28.9 Å². The Labute approximate surface area is 167 Å². The molecule has 0 aromatic carbocycles. The number of carbonyl (C=O) groups excluding carboxylic acids is 2. The Hall–Kier alpha value is -3.17. The fraction of sp³-hybridized carbons (Fsp3) is 0.350. The van der Waals surface area contributed by atoms with Crippen molar-refractivity contribution in [2.75, 3.05) is 32.9 Å². The lowest BCUT2D eigenvalue weighted by molar-refractivity contribution is -0.140. The molecule has 9 nitrogen and oxygen atoms in total. The number of aromatic nitrogens is 2. The highest BCUT2D eigenvalue weighted by molar-refractivity contribution is 6.26. The van der Waals surface area contributed by atoms with Crippen LogP contribution in [0, 0.1) is 0 Å². The molecule has 2 aliphatic rings. The van der Waals surface area contributed by atoms with Crippen LogP contribution in [0.15, 0.2) is 41.7 Å². The number of Topliss-reactive ketones (excluding diaryl/α,β-unsaturated/α-hetero) is 1. The molecule has 0 amide bonds. The Morgan fingerprint density at radius 3 is 3.03 bits per heavy atom. The highest BCUT2D eigenvalue weighted by atomic mass is 16.5. The maximum atomic E-state index is 13.0. The van der Waals surface area contributed by atoms with E-state index in [1.165, 1.54) is 0 Å². The molecule has 0 spiro atoms. The monoisotopic (exact) mass is 398 g/mol. The Morgan fingerprint density at radius 1 is 1.41 bits per heavy atom. The lowest BCUT2D eigenvalue weighted by Gasteiger charge is -2.27. The molecule has 9 heteroatoms. The SMILES string of the molecule is CCCOC(=O)C1=C(NN2CCOCC2)O/C(=C\c2c[nH]c3ncccc23)C1=O. The van der Waals surface area contributed by atoms with Crippen molar-refractivity contribution < 1.29 is 23.8 Å². The summed E-state index contributed by atoms with van der Waals surface area (Å²) in [5.41, 5.74) is 4.34. The quantitative estimate of drug-likeness (QED) is 0.429.